The maximum Gasteiger partial charge on any atom is 0.136 e. The molecule has 1 heteroatoms. The lowest BCUT2D eigenvalue weighted by Gasteiger charge is -2.22. The van der Waals surface area contributed by atoms with Gasteiger partial charge in [-0.05, 0) is 106 Å². The molecule has 0 unspecified atom stereocenters. The second-order valence-electron chi connectivity index (χ2n) is 14.4. The van der Waals surface area contributed by atoms with Crippen LogP contribution in [0.2, 0.25) is 0 Å². The molecule has 0 saturated carbocycles. The Morgan fingerprint density at radius 1 is 0.380 bits per heavy atom. The molecule has 10 aromatic rings. The molecule has 1 aliphatic carbocycles. The van der Waals surface area contributed by atoms with Gasteiger partial charge < -0.3 is 4.42 Å². The van der Waals surface area contributed by atoms with Crippen LogP contribution in [-0.4, -0.2) is 0 Å². The largest absolute Gasteiger partial charge is 0.456 e. The minimum Gasteiger partial charge on any atom is -0.456 e. The number of hydrogen-bond donors (Lipinski definition) is 0. The molecule has 0 saturated heterocycles. The van der Waals surface area contributed by atoms with Gasteiger partial charge in [0.15, 0.2) is 0 Å². The summed E-state index contributed by atoms with van der Waals surface area (Å²) in [6.07, 6.45) is 0. The second kappa shape index (κ2) is 9.94. The first-order valence-corrected chi connectivity index (χ1v) is 17.5. The maximum atomic E-state index is 6.54. The molecule has 0 aliphatic heterocycles. The van der Waals surface area contributed by atoms with Crippen LogP contribution in [0, 0.1) is 0 Å². The number of rotatable bonds is 3. The standard InChI is InChI=1S/C49H32O/c1-49(2)41-16-8-6-13-38(41)47-35(15-10-17-42(47)49)33-23-19-30-22-26-37-34(24-20-31-21-25-36(33)45(30)46(31)37)40-27-32(29-11-4-3-5-12-29)28-44-48(40)39-14-7-9-18-43(39)50-44/h3-28H,1-2H3. The number of para-hydroxylation sites is 1. The molecule has 1 aliphatic rings. The van der Waals surface area contributed by atoms with Gasteiger partial charge in [-0.25, -0.2) is 0 Å². The summed E-state index contributed by atoms with van der Waals surface area (Å²) >= 11 is 0. The van der Waals surface area contributed by atoms with Gasteiger partial charge in [0.05, 0.1) is 0 Å². The van der Waals surface area contributed by atoms with Gasteiger partial charge in [0.1, 0.15) is 11.2 Å². The first-order chi connectivity index (χ1) is 24.6. The third-order valence-corrected chi connectivity index (χ3v) is 11.4. The molecule has 0 radical (unpaired) electrons. The number of fused-ring (bicyclic) bond motifs is 6. The van der Waals surface area contributed by atoms with E-state index in [1.807, 2.05) is 0 Å². The SMILES string of the molecule is CC1(C)c2ccccc2-c2c(-c3ccc4ccc5c(-c6cc(-c7ccccc7)cc7oc8ccccc8c67)ccc6ccc3c4c65)cccc21. The molecule has 0 amide bonds. The van der Waals surface area contributed by atoms with Gasteiger partial charge in [-0.15, -0.1) is 0 Å². The fourth-order valence-corrected chi connectivity index (χ4v) is 9.11. The Balaban J connectivity index is 1.22. The van der Waals surface area contributed by atoms with Crippen molar-refractivity contribution in [2.45, 2.75) is 19.3 Å². The zero-order valence-corrected chi connectivity index (χ0v) is 27.9. The summed E-state index contributed by atoms with van der Waals surface area (Å²) in [6, 6.07) is 58.1. The van der Waals surface area contributed by atoms with Crippen LogP contribution in [-0.2, 0) is 5.41 Å². The predicted molar refractivity (Wildman–Crippen MR) is 211 cm³/mol. The normalized spacial score (nSPS) is 13.6. The van der Waals surface area contributed by atoms with E-state index in [2.05, 4.69) is 172 Å². The van der Waals surface area contributed by atoms with Crippen LogP contribution in [0.25, 0.3) is 98.8 Å². The molecule has 9 aromatic carbocycles. The van der Waals surface area contributed by atoms with Crippen molar-refractivity contribution >= 4 is 54.3 Å². The van der Waals surface area contributed by atoms with E-state index < -0.39 is 0 Å². The van der Waals surface area contributed by atoms with E-state index in [0.29, 0.717) is 0 Å². The minimum atomic E-state index is -0.0441. The molecule has 11 rings (SSSR count). The maximum absolute atomic E-state index is 6.54. The summed E-state index contributed by atoms with van der Waals surface area (Å²) in [5.74, 6) is 0. The van der Waals surface area contributed by atoms with Crippen LogP contribution >= 0.6 is 0 Å². The first kappa shape index (κ1) is 27.7. The molecule has 0 atom stereocenters. The lowest BCUT2D eigenvalue weighted by atomic mass is 9.81. The second-order valence-corrected chi connectivity index (χ2v) is 14.4. The molecule has 0 fully saturated rings. The summed E-state index contributed by atoms with van der Waals surface area (Å²) < 4.78 is 6.54. The smallest absolute Gasteiger partial charge is 0.136 e. The van der Waals surface area contributed by atoms with Crippen molar-refractivity contribution in [1.82, 2.24) is 0 Å². The molecule has 0 N–H and O–H groups in total. The van der Waals surface area contributed by atoms with Gasteiger partial charge >= 0.3 is 0 Å². The topological polar surface area (TPSA) is 13.1 Å². The van der Waals surface area contributed by atoms with Gasteiger partial charge in [-0.3, -0.25) is 0 Å². The number of benzene rings is 9. The van der Waals surface area contributed by atoms with Crippen LogP contribution in [0.1, 0.15) is 25.0 Å². The van der Waals surface area contributed by atoms with E-state index in [1.54, 1.807) is 0 Å². The van der Waals surface area contributed by atoms with Crippen LogP contribution in [0.5, 0.6) is 0 Å². The van der Waals surface area contributed by atoms with Crippen molar-refractivity contribution in [1.29, 1.82) is 0 Å². The van der Waals surface area contributed by atoms with Gasteiger partial charge in [0, 0.05) is 16.2 Å². The molecule has 0 bridgehead atoms. The van der Waals surface area contributed by atoms with E-state index in [-0.39, 0.29) is 5.41 Å². The van der Waals surface area contributed by atoms with Crippen molar-refractivity contribution in [3.63, 3.8) is 0 Å². The van der Waals surface area contributed by atoms with Crippen molar-refractivity contribution in [3.8, 4) is 44.5 Å². The van der Waals surface area contributed by atoms with Gasteiger partial charge in [0.2, 0.25) is 0 Å². The van der Waals surface area contributed by atoms with Crippen LogP contribution in [0.3, 0.4) is 0 Å². The molecular formula is C49H32O. The average molecular weight is 637 g/mol. The highest BCUT2D eigenvalue weighted by molar-refractivity contribution is 6.29. The Labute approximate surface area is 290 Å². The van der Waals surface area contributed by atoms with Crippen LogP contribution in [0.4, 0.5) is 0 Å². The Morgan fingerprint density at radius 2 is 1.00 bits per heavy atom. The monoisotopic (exact) mass is 636 g/mol. The van der Waals surface area contributed by atoms with E-state index in [0.717, 1.165) is 27.5 Å². The number of hydrogen-bond acceptors (Lipinski definition) is 1. The average Bonchev–Trinajstić information content (AvgIpc) is 3.66. The first-order valence-electron chi connectivity index (χ1n) is 17.5. The highest BCUT2D eigenvalue weighted by Gasteiger charge is 2.36. The Hall–Kier alpha value is -6.18. The zero-order chi connectivity index (χ0) is 33.1. The fraction of sp³-hybridized carbons (Fsp3) is 0.0612. The Morgan fingerprint density at radius 3 is 1.78 bits per heavy atom. The van der Waals surface area contributed by atoms with Crippen molar-refractivity contribution in [2.24, 2.45) is 0 Å². The molecule has 1 nitrogen and oxygen atoms in total. The lowest BCUT2D eigenvalue weighted by Crippen LogP contribution is -2.14. The van der Waals surface area contributed by atoms with E-state index in [1.165, 1.54) is 82.4 Å². The molecule has 1 aromatic heterocycles. The van der Waals surface area contributed by atoms with Crippen molar-refractivity contribution in [2.75, 3.05) is 0 Å². The summed E-state index contributed by atoms with van der Waals surface area (Å²) in [6.45, 7) is 4.72. The minimum absolute atomic E-state index is 0.0441. The lowest BCUT2D eigenvalue weighted by molar-refractivity contribution is 0.660. The quantitative estimate of drug-likeness (QED) is 0.176. The van der Waals surface area contributed by atoms with E-state index in [9.17, 15) is 0 Å². The summed E-state index contributed by atoms with van der Waals surface area (Å²) in [7, 11) is 0. The molecule has 0 spiro atoms. The van der Waals surface area contributed by atoms with Crippen LogP contribution in [0.15, 0.2) is 162 Å². The zero-order valence-electron chi connectivity index (χ0n) is 27.9. The Bertz CT molecular complexity index is 2990. The third-order valence-electron chi connectivity index (χ3n) is 11.4. The third kappa shape index (κ3) is 3.67. The number of furan rings is 1. The summed E-state index contributed by atoms with van der Waals surface area (Å²) in [5, 5.41) is 10.0. The predicted octanol–water partition coefficient (Wildman–Crippen LogP) is 13.8. The van der Waals surface area contributed by atoms with E-state index in [4.69, 9.17) is 4.42 Å². The highest BCUT2D eigenvalue weighted by atomic mass is 16.3. The Kier molecular flexibility index (Phi) is 5.51. The van der Waals surface area contributed by atoms with E-state index >= 15 is 0 Å². The summed E-state index contributed by atoms with van der Waals surface area (Å²) in [4.78, 5) is 0. The molecule has 1 heterocycles. The van der Waals surface area contributed by atoms with Gasteiger partial charge in [-0.1, -0.05) is 153 Å². The molecule has 234 valence electrons. The van der Waals surface area contributed by atoms with Gasteiger partial charge in [0.25, 0.3) is 0 Å². The fourth-order valence-electron chi connectivity index (χ4n) is 9.11. The van der Waals surface area contributed by atoms with Crippen LogP contribution < -0.4 is 0 Å². The highest BCUT2D eigenvalue weighted by Crippen LogP contribution is 2.53. The van der Waals surface area contributed by atoms with Crippen molar-refractivity contribution < 1.29 is 4.42 Å². The van der Waals surface area contributed by atoms with Crippen molar-refractivity contribution in [3.05, 3.63) is 169 Å². The molecular weight excluding hydrogens is 605 g/mol. The van der Waals surface area contributed by atoms with Gasteiger partial charge in [-0.2, -0.15) is 0 Å². The summed E-state index contributed by atoms with van der Waals surface area (Å²) in [5.41, 5.74) is 14.7. The molecule has 50 heavy (non-hydrogen) atoms.